The van der Waals surface area contributed by atoms with E-state index in [0.29, 0.717) is 6.42 Å². The average molecular weight is 346 g/mol. The zero-order chi connectivity index (χ0) is 17.9. The van der Waals surface area contributed by atoms with Crippen molar-refractivity contribution in [2.75, 3.05) is 0 Å². The average Bonchev–Trinajstić information content (AvgIpc) is 2.66. The van der Waals surface area contributed by atoms with Gasteiger partial charge in [-0.15, -0.1) is 0 Å². The summed E-state index contributed by atoms with van der Waals surface area (Å²) in [4.78, 5) is 0. The van der Waals surface area contributed by atoms with E-state index >= 15 is 0 Å². The minimum atomic E-state index is -0.624. The fourth-order valence-corrected chi connectivity index (χ4v) is 4.64. The highest BCUT2D eigenvalue weighted by molar-refractivity contribution is 5.11. The highest BCUT2D eigenvalue weighted by atomic mass is 19.1. The van der Waals surface area contributed by atoms with Crippen LogP contribution in [0.2, 0.25) is 0 Å². The van der Waals surface area contributed by atoms with Crippen LogP contribution in [0.1, 0.15) is 90.4 Å². The fraction of sp³-hybridized carbons (Fsp3) is 0.783. The Morgan fingerprint density at radius 2 is 1.44 bits per heavy atom. The topological polar surface area (TPSA) is 23.8 Å². The molecule has 0 atom stereocenters. The van der Waals surface area contributed by atoms with Gasteiger partial charge >= 0.3 is 0 Å². The van der Waals surface area contributed by atoms with E-state index in [4.69, 9.17) is 5.26 Å². The van der Waals surface area contributed by atoms with Gasteiger partial charge in [0.25, 0.3) is 0 Å². The molecule has 0 radical (unpaired) electrons. The number of nitriles is 1. The van der Waals surface area contributed by atoms with Gasteiger partial charge in [0, 0.05) is 0 Å². The predicted molar refractivity (Wildman–Crippen MR) is 104 cm³/mol. The normalized spacial score (nSPS) is 31.2. The van der Waals surface area contributed by atoms with Gasteiger partial charge in [0.15, 0.2) is 5.83 Å². The van der Waals surface area contributed by atoms with E-state index in [1.54, 1.807) is 6.07 Å². The van der Waals surface area contributed by atoms with E-state index in [1.807, 2.05) is 0 Å². The number of allylic oxidation sites excluding steroid dienone is 4. The van der Waals surface area contributed by atoms with Gasteiger partial charge in [-0.3, -0.25) is 0 Å². The van der Waals surface area contributed by atoms with E-state index in [-0.39, 0.29) is 0 Å². The molecular weight excluding hydrogens is 309 g/mol. The lowest BCUT2D eigenvalue weighted by atomic mass is 9.77. The molecule has 140 valence electrons. The van der Waals surface area contributed by atoms with Crippen molar-refractivity contribution in [3.05, 3.63) is 24.1 Å². The van der Waals surface area contributed by atoms with Crippen molar-refractivity contribution in [2.45, 2.75) is 90.4 Å². The smallest absolute Gasteiger partial charge is 0.195 e. The van der Waals surface area contributed by atoms with E-state index in [9.17, 15) is 4.39 Å². The lowest BCUT2D eigenvalue weighted by molar-refractivity contribution is 0.283. The fourth-order valence-electron chi connectivity index (χ4n) is 4.64. The zero-order valence-electron chi connectivity index (χ0n) is 16.1. The zero-order valence-corrected chi connectivity index (χ0v) is 16.1. The summed E-state index contributed by atoms with van der Waals surface area (Å²) in [6.45, 7) is 2.30. The van der Waals surface area contributed by atoms with Crippen LogP contribution in [-0.2, 0) is 0 Å². The van der Waals surface area contributed by atoms with E-state index in [0.717, 1.165) is 30.1 Å². The molecule has 2 rings (SSSR count). The summed E-state index contributed by atoms with van der Waals surface area (Å²) < 4.78 is 12.8. The number of rotatable bonds is 8. The Balaban J connectivity index is 1.60. The molecule has 2 aliphatic carbocycles. The maximum absolute atomic E-state index is 12.8. The third-order valence-electron chi connectivity index (χ3n) is 6.41. The van der Waals surface area contributed by atoms with Crippen LogP contribution < -0.4 is 0 Å². The summed E-state index contributed by atoms with van der Waals surface area (Å²) in [7, 11) is 0. The highest BCUT2D eigenvalue weighted by Gasteiger charge is 2.21. The van der Waals surface area contributed by atoms with Crippen molar-refractivity contribution in [1.29, 1.82) is 5.26 Å². The highest BCUT2D eigenvalue weighted by Crippen LogP contribution is 2.35. The standard InChI is InChI=1S/C23H36FN/c1-2-3-5-19-8-12-21(13-9-19)16-17-22-14-10-20(11-15-22)6-4-7-23(24)18-25/h7,16-17,19-22H,2-6,8-15H2,1H3/b17-16+,23-7?. The molecule has 0 aliphatic heterocycles. The van der Waals surface area contributed by atoms with Crippen molar-refractivity contribution in [2.24, 2.45) is 23.7 Å². The van der Waals surface area contributed by atoms with Gasteiger partial charge < -0.3 is 0 Å². The van der Waals surface area contributed by atoms with Crippen LogP contribution in [0, 0.1) is 35.0 Å². The van der Waals surface area contributed by atoms with Crippen LogP contribution in [0.25, 0.3) is 0 Å². The Hall–Kier alpha value is -1.10. The Morgan fingerprint density at radius 1 is 0.920 bits per heavy atom. The first-order chi connectivity index (χ1) is 12.2. The SMILES string of the molecule is CCCCC1CCC(/C=C/C2CCC(CCC=C(F)C#N)CC2)CC1. The first-order valence-corrected chi connectivity index (χ1v) is 10.6. The molecule has 0 unspecified atom stereocenters. The molecule has 0 bridgehead atoms. The number of hydrogen-bond donors (Lipinski definition) is 0. The van der Waals surface area contributed by atoms with Crippen molar-refractivity contribution in [3.8, 4) is 6.07 Å². The lowest BCUT2D eigenvalue weighted by Gasteiger charge is -2.28. The second-order valence-corrected chi connectivity index (χ2v) is 8.33. The Labute approximate surface area is 154 Å². The Kier molecular flexibility index (Phi) is 9.30. The van der Waals surface area contributed by atoms with Crippen LogP contribution in [0.3, 0.4) is 0 Å². The first kappa shape index (κ1) is 20.2. The second kappa shape index (κ2) is 11.5. The molecule has 2 heteroatoms. The molecule has 0 aromatic rings. The predicted octanol–water partition coefficient (Wildman–Crippen LogP) is 7.50. The first-order valence-electron chi connectivity index (χ1n) is 10.6. The van der Waals surface area contributed by atoms with E-state index in [1.165, 1.54) is 76.7 Å². The Bertz CT molecular complexity index is 457. The minimum absolute atomic E-state index is 0.624. The van der Waals surface area contributed by atoms with Crippen LogP contribution in [-0.4, -0.2) is 0 Å². The molecular formula is C23H36FN. The Morgan fingerprint density at radius 3 is 1.92 bits per heavy atom. The van der Waals surface area contributed by atoms with E-state index < -0.39 is 5.83 Å². The summed E-state index contributed by atoms with van der Waals surface area (Å²) in [5.41, 5.74) is 0. The summed E-state index contributed by atoms with van der Waals surface area (Å²) in [6, 6.07) is 1.56. The van der Waals surface area contributed by atoms with Crippen molar-refractivity contribution in [1.82, 2.24) is 0 Å². The largest absolute Gasteiger partial charge is 0.196 e. The molecule has 0 amide bonds. The van der Waals surface area contributed by atoms with Crippen LogP contribution in [0.5, 0.6) is 0 Å². The van der Waals surface area contributed by atoms with Gasteiger partial charge in [-0.25, -0.2) is 0 Å². The van der Waals surface area contributed by atoms with Crippen molar-refractivity contribution < 1.29 is 4.39 Å². The minimum Gasteiger partial charge on any atom is -0.195 e. The summed E-state index contributed by atoms with van der Waals surface area (Å²) in [6.07, 6.45) is 23.2. The van der Waals surface area contributed by atoms with Crippen LogP contribution in [0.4, 0.5) is 4.39 Å². The number of nitrogens with zero attached hydrogens (tertiary/aromatic N) is 1. The third kappa shape index (κ3) is 7.76. The van der Waals surface area contributed by atoms with Gasteiger partial charge in [-0.05, 0) is 94.0 Å². The number of hydrogen-bond acceptors (Lipinski definition) is 1. The van der Waals surface area contributed by atoms with Gasteiger partial charge in [-0.2, -0.15) is 9.65 Å². The van der Waals surface area contributed by atoms with Crippen molar-refractivity contribution >= 4 is 0 Å². The van der Waals surface area contributed by atoms with Gasteiger partial charge in [0.05, 0.1) is 0 Å². The number of unbranched alkanes of at least 4 members (excludes halogenated alkanes) is 1. The van der Waals surface area contributed by atoms with Gasteiger partial charge in [0.1, 0.15) is 6.07 Å². The molecule has 2 fully saturated rings. The quantitative estimate of drug-likeness (QED) is 0.330. The van der Waals surface area contributed by atoms with Crippen LogP contribution >= 0.6 is 0 Å². The monoisotopic (exact) mass is 345 g/mol. The molecule has 0 spiro atoms. The second-order valence-electron chi connectivity index (χ2n) is 8.33. The summed E-state index contributed by atoms with van der Waals surface area (Å²) in [5.74, 6) is 2.69. The maximum atomic E-state index is 12.8. The van der Waals surface area contributed by atoms with Gasteiger partial charge in [-0.1, -0.05) is 38.3 Å². The van der Waals surface area contributed by atoms with Crippen LogP contribution in [0.15, 0.2) is 24.1 Å². The molecule has 1 nitrogen and oxygen atoms in total. The molecule has 0 heterocycles. The number of halogens is 1. The molecule has 2 saturated carbocycles. The maximum Gasteiger partial charge on any atom is 0.196 e. The molecule has 0 aromatic carbocycles. The van der Waals surface area contributed by atoms with E-state index in [2.05, 4.69) is 19.1 Å². The molecule has 0 N–H and O–H groups in total. The third-order valence-corrected chi connectivity index (χ3v) is 6.41. The lowest BCUT2D eigenvalue weighted by Crippen LogP contribution is -2.15. The van der Waals surface area contributed by atoms with Crippen molar-refractivity contribution in [3.63, 3.8) is 0 Å². The molecule has 2 aliphatic rings. The van der Waals surface area contributed by atoms with Gasteiger partial charge in [0.2, 0.25) is 0 Å². The summed E-state index contributed by atoms with van der Waals surface area (Å²) in [5, 5.41) is 8.42. The molecule has 0 saturated heterocycles. The molecule has 25 heavy (non-hydrogen) atoms. The summed E-state index contributed by atoms with van der Waals surface area (Å²) >= 11 is 0. The molecule has 0 aromatic heterocycles.